The summed E-state index contributed by atoms with van der Waals surface area (Å²) in [5.41, 5.74) is 0. The second-order valence-electron chi connectivity index (χ2n) is 8.14. The molecule has 0 saturated heterocycles. The highest BCUT2D eigenvalue weighted by Crippen LogP contribution is 2.22. The monoisotopic (exact) mass is 467 g/mol. The molecule has 182 valence electrons. The van der Waals surface area contributed by atoms with Crippen LogP contribution in [0, 0.1) is 0 Å². The van der Waals surface area contributed by atoms with Gasteiger partial charge in [-0.3, -0.25) is 9.35 Å². The zero-order chi connectivity index (χ0) is 23.5. The fraction of sp³-hybridized carbons (Fsp3) is 0.640. The van der Waals surface area contributed by atoms with Crippen molar-refractivity contribution in [1.82, 2.24) is 5.32 Å². The first kappa shape index (κ1) is 28.2. The van der Waals surface area contributed by atoms with Gasteiger partial charge < -0.3 is 10.1 Å². The van der Waals surface area contributed by atoms with Crippen LogP contribution in [0.15, 0.2) is 41.3 Å². The fourth-order valence-electron chi connectivity index (χ4n) is 3.42. The van der Waals surface area contributed by atoms with E-state index in [1.54, 1.807) is 6.07 Å². The molecule has 1 amide bonds. The van der Waals surface area contributed by atoms with Crippen molar-refractivity contribution in [2.75, 3.05) is 6.73 Å². The van der Waals surface area contributed by atoms with Crippen LogP contribution in [0.2, 0.25) is 0 Å². The molecule has 1 rings (SSSR count). The number of carbonyl (C=O) groups excluding carboxylic acids is 1. The van der Waals surface area contributed by atoms with Crippen molar-refractivity contribution in [3.63, 3.8) is 0 Å². The maximum absolute atomic E-state index is 11.9. The lowest BCUT2D eigenvalue weighted by Gasteiger charge is -2.10. The third-order valence-corrected chi connectivity index (χ3v) is 6.18. The van der Waals surface area contributed by atoms with Gasteiger partial charge in [-0.15, -0.1) is 0 Å². The number of nitrogens with one attached hydrogen (secondary N) is 1. The van der Waals surface area contributed by atoms with E-state index in [2.05, 4.69) is 24.4 Å². The Bertz CT molecular complexity index is 761. The number of hydrogen-bond donors (Lipinski definition) is 2. The molecule has 0 bridgehead atoms. The molecule has 0 aliphatic rings. The molecule has 0 aromatic heterocycles. The number of benzene rings is 1. The highest BCUT2D eigenvalue weighted by Gasteiger charge is 2.15. The van der Waals surface area contributed by atoms with Gasteiger partial charge in [0.05, 0.1) is 0 Å². The first-order valence-electron chi connectivity index (χ1n) is 12.1. The summed E-state index contributed by atoms with van der Waals surface area (Å²) in [6, 6.07) is 5.76. The highest BCUT2D eigenvalue weighted by molar-refractivity contribution is 7.86. The lowest BCUT2D eigenvalue weighted by Crippen LogP contribution is -2.27. The van der Waals surface area contributed by atoms with Crippen molar-refractivity contribution in [1.29, 1.82) is 0 Å². The maximum atomic E-state index is 11.9. The number of allylic oxidation sites excluding steroid dienone is 2. The van der Waals surface area contributed by atoms with Gasteiger partial charge in [-0.25, -0.2) is 0 Å². The molecule has 1 aromatic carbocycles. The van der Waals surface area contributed by atoms with Crippen molar-refractivity contribution >= 4 is 16.0 Å². The third kappa shape index (κ3) is 14.2. The van der Waals surface area contributed by atoms with E-state index in [1.807, 2.05) is 0 Å². The fourth-order valence-corrected chi connectivity index (χ4v) is 4.05. The Morgan fingerprint density at radius 3 is 2.09 bits per heavy atom. The highest BCUT2D eigenvalue weighted by atomic mass is 32.2. The second kappa shape index (κ2) is 17.7. The van der Waals surface area contributed by atoms with Gasteiger partial charge in [0.25, 0.3) is 10.1 Å². The number of para-hydroxylation sites is 1. The Balaban J connectivity index is 1.98. The molecule has 0 aliphatic heterocycles. The van der Waals surface area contributed by atoms with E-state index < -0.39 is 10.1 Å². The van der Waals surface area contributed by atoms with Crippen molar-refractivity contribution in [3.8, 4) is 5.75 Å². The first-order chi connectivity index (χ1) is 15.4. The molecule has 0 fully saturated rings. The van der Waals surface area contributed by atoms with Gasteiger partial charge in [0, 0.05) is 6.42 Å². The Hall–Kier alpha value is -1.86. The van der Waals surface area contributed by atoms with Crippen LogP contribution in [-0.4, -0.2) is 25.6 Å². The van der Waals surface area contributed by atoms with Gasteiger partial charge in [-0.2, -0.15) is 8.42 Å². The molecule has 0 aliphatic carbocycles. The molecule has 0 saturated carbocycles. The molecule has 0 atom stereocenters. The number of unbranched alkanes of at least 4 members (excludes halogenated alkanes) is 11. The summed E-state index contributed by atoms with van der Waals surface area (Å²) in [6.07, 6.45) is 20.8. The van der Waals surface area contributed by atoms with E-state index in [4.69, 9.17) is 4.74 Å². The summed E-state index contributed by atoms with van der Waals surface area (Å²) in [7, 11) is -4.36. The van der Waals surface area contributed by atoms with Crippen molar-refractivity contribution in [3.05, 3.63) is 36.4 Å². The molecule has 6 nitrogen and oxygen atoms in total. The average Bonchev–Trinajstić information content (AvgIpc) is 2.76. The number of rotatable bonds is 19. The van der Waals surface area contributed by atoms with Gasteiger partial charge in [0.1, 0.15) is 10.6 Å². The Labute approximate surface area is 194 Å². The molecule has 0 unspecified atom stereocenters. The smallest absolute Gasteiger partial charge is 0.298 e. The molecular weight excluding hydrogens is 426 g/mol. The second-order valence-corrected chi connectivity index (χ2v) is 9.53. The summed E-state index contributed by atoms with van der Waals surface area (Å²) in [4.78, 5) is 11.6. The lowest BCUT2D eigenvalue weighted by molar-refractivity contribution is -0.122. The molecule has 0 heterocycles. The normalized spacial score (nSPS) is 11.7. The van der Waals surface area contributed by atoms with Crippen LogP contribution in [0.5, 0.6) is 5.75 Å². The summed E-state index contributed by atoms with van der Waals surface area (Å²) >= 11 is 0. The standard InChI is InChI=1S/C25H41NO5S/c1-2-3-4-5-6-7-8-9-10-11-12-13-14-15-16-21-25(27)26-22-31-23-19-17-18-20-24(23)32(28,29)30/h9-10,17-20H,2-8,11-16,21-22H2,1H3,(H,26,27)(H,28,29,30)/b10-9-. The molecule has 0 radical (unpaired) electrons. The van der Waals surface area contributed by atoms with Crippen molar-refractivity contribution in [2.45, 2.75) is 102 Å². The van der Waals surface area contributed by atoms with E-state index in [1.165, 1.54) is 76.0 Å². The number of amides is 1. The number of hydrogen-bond acceptors (Lipinski definition) is 4. The van der Waals surface area contributed by atoms with Gasteiger partial charge in [-0.1, -0.05) is 82.6 Å². The molecule has 1 aromatic rings. The Kier molecular flexibility index (Phi) is 15.6. The minimum Gasteiger partial charge on any atom is -0.472 e. The average molecular weight is 468 g/mol. The van der Waals surface area contributed by atoms with Crippen molar-refractivity contribution in [2.24, 2.45) is 0 Å². The van der Waals surface area contributed by atoms with E-state index in [0.717, 1.165) is 25.7 Å². The molecule has 2 N–H and O–H groups in total. The van der Waals surface area contributed by atoms with E-state index in [-0.39, 0.29) is 23.3 Å². The Morgan fingerprint density at radius 2 is 1.47 bits per heavy atom. The van der Waals surface area contributed by atoms with Crippen LogP contribution >= 0.6 is 0 Å². The maximum Gasteiger partial charge on any atom is 0.298 e. The van der Waals surface area contributed by atoms with E-state index in [0.29, 0.717) is 6.42 Å². The zero-order valence-electron chi connectivity index (χ0n) is 19.6. The van der Waals surface area contributed by atoms with Crippen molar-refractivity contribution < 1.29 is 22.5 Å². The molecule has 32 heavy (non-hydrogen) atoms. The van der Waals surface area contributed by atoms with Crippen LogP contribution in [0.25, 0.3) is 0 Å². The predicted molar refractivity (Wildman–Crippen MR) is 129 cm³/mol. The van der Waals surface area contributed by atoms with Crippen LogP contribution in [0.3, 0.4) is 0 Å². The first-order valence-corrected chi connectivity index (χ1v) is 13.5. The minimum absolute atomic E-state index is 0.0105. The van der Waals surface area contributed by atoms with Gasteiger partial charge in [-0.05, 0) is 44.2 Å². The summed E-state index contributed by atoms with van der Waals surface area (Å²) in [5.74, 6) is -0.122. The quantitative estimate of drug-likeness (QED) is 0.106. The van der Waals surface area contributed by atoms with Gasteiger partial charge in [0.15, 0.2) is 6.73 Å². The molecule has 7 heteroatoms. The predicted octanol–water partition coefficient (Wildman–Crippen LogP) is 6.42. The minimum atomic E-state index is -4.36. The van der Waals surface area contributed by atoms with E-state index in [9.17, 15) is 17.8 Å². The van der Waals surface area contributed by atoms with Crippen LogP contribution in [-0.2, 0) is 14.9 Å². The van der Waals surface area contributed by atoms with Gasteiger partial charge >= 0.3 is 0 Å². The number of carbonyl (C=O) groups is 1. The van der Waals surface area contributed by atoms with Crippen LogP contribution in [0.1, 0.15) is 96.8 Å². The SMILES string of the molecule is CCCCCCCC/C=C\CCCCCCCC(=O)NCOc1ccccc1S(=O)(=O)O. The molecule has 0 spiro atoms. The zero-order valence-corrected chi connectivity index (χ0v) is 20.4. The summed E-state index contributed by atoms with van der Waals surface area (Å²) < 4.78 is 37.1. The topological polar surface area (TPSA) is 92.7 Å². The largest absolute Gasteiger partial charge is 0.472 e. The van der Waals surface area contributed by atoms with Crippen LogP contribution in [0.4, 0.5) is 0 Å². The molecular formula is C25H41NO5S. The van der Waals surface area contributed by atoms with Crippen LogP contribution < -0.4 is 10.1 Å². The van der Waals surface area contributed by atoms with Gasteiger partial charge in [0.2, 0.25) is 5.91 Å². The number of ether oxygens (including phenoxy) is 1. The lowest BCUT2D eigenvalue weighted by atomic mass is 10.1. The summed E-state index contributed by atoms with van der Waals surface area (Å²) in [5, 5.41) is 2.61. The summed E-state index contributed by atoms with van der Waals surface area (Å²) in [6.45, 7) is 2.10. The van der Waals surface area contributed by atoms with E-state index >= 15 is 0 Å². The Morgan fingerprint density at radius 1 is 0.906 bits per heavy atom. The third-order valence-electron chi connectivity index (χ3n) is 5.29.